The molecule has 0 aliphatic heterocycles. The van der Waals surface area contributed by atoms with Crippen LogP contribution in [0.3, 0.4) is 0 Å². The minimum Gasteiger partial charge on any atom is -0.310 e. The molecule has 0 bridgehead atoms. The van der Waals surface area contributed by atoms with Crippen molar-refractivity contribution >= 4 is 38.6 Å². The van der Waals surface area contributed by atoms with Crippen molar-refractivity contribution in [1.29, 1.82) is 0 Å². The van der Waals surface area contributed by atoms with Gasteiger partial charge in [0, 0.05) is 17.1 Å². The first kappa shape index (κ1) is 41.4. The van der Waals surface area contributed by atoms with Crippen molar-refractivity contribution in [3.8, 4) is 77.9 Å². The molecule has 1 heteroatoms. The summed E-state index contributed by atoms with van der Waals surface area (Å²) in [5.74, 6) is 0. The monoisotopic (exact) mass is 877 g/mol. The van der Waals surface area contributed by atoms with Gasteiger partial charge in [-0.3, -0.25) is 0 Å². The van der Waals surface area contributed by atoms with Crippen LogP contribution in [0.2, 0.25) is 0 Å². The van der Waals surface area contributed by atoms with Gasteiger partial charge >= 0.3 is 0 Å². The lowest BCUT2D eigenvalue weighted by Gasteiger charge is -2.28. The standard InChI is InChI=1S/C68H47N/c1-7-21-48(22-8-1)56-41-57(49-23-9-2-10-24-49)44-61(43-56)69(62-45-58(50-25-11-3-12-26-50)42-59(46-62)51-27-13-4-14-28-51)60-38-35-52(36-39-60)55-37-40-64-63-33-19-20-34-65(63)67(53-29-15-5-16-30-53)68(66(64)47-55)54-31-17-6-18-32-54/h1-47H. The van der Waals surface area contributed by atoms with Crippen molar-refractivity contribution in [1.82, 2.24) is 0 Å². The van der Waals surface area contributed by atoms with E-state index in [4.69, 9.17) is 0 Å². The molecule has 0 saturated carbocycles. The molecule has 0 radical (unpaired) electrons. The molecule has 0 fully saturated rings. The summed E-state index contributed by atoms with van der Waals surface area (Å²) in [7, 11) is 0. The molecule has 12 aromatic carbocycles. The Morgan fingerprint density at radius 2 is 0.464 bits per heavy atom. The summed E-state index contributed by atoms with van der Waals surface area (Å²) in [6.45, 7) is 0. The SMILES string of the molecule is c1ccc(-c2cc(-c3ccccc3)cc(N(c3ccc(-c4ccc5c(c4)c(-c4ccccc4)c(-c4ccccc4)c4ccccc45)cc3)c3cc(-c4ccccc4)cc(-c4ccccc4)c3)c2)cc1. The third kappa shape index (κ3) is 8.18. The van der Waals surface area contributed by atoms with E-state index in [0.717, 1.165) is 44.9 Å². The summed E-state index contributed by atoms with van der Waals surface area (Å²) in [5.41, 5.74) is 19.8. The van der Waals surface area contributed by atoms with E-state index >= 15 is 0 Å². The molecule has 0 saturated heterocycles. The highest BCUT2D eigenvalue weighted by atomic mass is 15.1. The molecule has 0 heterocycles. The number of benzene rings is 12. The minimum atomic E-state index is 1.07. The van der Waals surface area contributed by atoms with Gasteiger partial charge in [-0.05, 0) is 154 Å². The van der Waals surface area contributed by atoms with Crippen molar-refractivity contribution in [2.75, 3.05) is 4.90 Å². The topological polar surface area (TPSA) is 3.24 Å². The highest BCUT2D eigenvalue weighted by molar-refractivity contribution is 6.22. The highest BCUT2D eigenvalue weighted by Crippen LogP contribution is 2.47. The fourth-order valence-electron chi connectivity index (χ4n) is 10.1. The quantitative estimate of drug-likeness (QED) is 0.124. The summed E-state index contributed by atoms with van der Waals surface area (Å²) in [4.78, 5) is 2.44. The van der Waals surface area contributed by atoms with Gasteiger partial charge < -0.3 is 4.90 Å². The molecule has 69 heavy (non-hydrogen) atoms. The van der Waals surface area contributed by atoms with Crippen LogP contribution in [0.1, 0.15) is 0 Å². The second kappa shape index (κ2) is 18.3. The van der Waals surface area contributed by atoms with Crippen LogP contribution in [0.25, 0.3) is 99.4 Å². The molecule has 0 aromatic heterocycles. The predicted molar refractivity (Wildman–Crippen MR) is 294 cm³/mol. The van der Waals surface area contributed by atoms with E-state index in [-0.39, 0.29) is 0 Å². The number of rotatable bonds is 10. The molecule has 0 aliphatic rings. The zero-order valence-corrected chi connectivity index (χ0v) is 38.1. The molecule has 0 spiro atoms. The van der Waals surface area contributed by atoms with E-state index in [1.807, 2.05) is 0 Å². The molecule has 0 amide bonds. The van der Waals surface area contributed by atoms with E-state index in [1.165, 1.54) is 71.6 Å². The summed E-state index contributed by atoms with van der Waals surface area (Å²) < 4.78 is 0. The van der Waals surface area contributed by atoms with Gasteiger partial charge in [0.05, 0.1) is 0 Å². The van der Waals surface area contributed by atoms with Gasteiger partial charge in [-0.15, -0.1) is 0 Å². The molecule has 0 atom stereocenters. The average Bonchev–Trinajstić information content (AvgIpc) is 3.44. The van der Waals surface area contributed by atoms with E-state index in [0.29, 0.717) is 0 Å². The van der Waals surface area contributed by atoms with Gasteiger partial charge in [0.1, 0.15) is 0 Å². The summed E-state index contributed by atoms with van der Waals surface area (Å²) in [6.07, 6.45) is 0. The van der Waals surface area contributed by atoms with Gasteiger partial charge in [-0.25, -0.2) is 0 Å². The first-order valence-corrected chi connectivity index (χ1v) is 23.7. The maximum Gasteiger partial charge on any atom is 0.0473 e. The van der Waals surface area contributed by atoms with E-state index < -0.39 is 0 Å². The van der Waals surface area contributed by atoms with Gasteiger partial charge in [-0.2, -0.15) is 0 Å². The number of hydrogen-bond donors (Lipinski definition) is 0. The van der Waals surface area contributed by atoms with Crippen molar-refractivity contribution in [2.24, 2.45) is 0 Å². The Labute approximate surface area is 404 Å². The van der Waals surface area contributed by atoms with Crippen LogP contribution >= 0.6 is 0 Å². The Kier molecular flexibility index (Phi) is 11.0. The third-order valence-electron chi connectivity index (χ3n) is 13.4. The molecule has 0 unspecified atom stereocenters. The number of nitrogens with zero attached hydrogens (tertiary/aromatic N) is 1. The lowest BCUT2D eigenvalue weighted by atomic mass is 9.84. The average molecular weight is 878 g/mol. The number of fused-ring (bicyclic) bond motifs is 3. The van der Waals surface area contributed by atoms with E-state index in [2.05, 4.69) is 290 Å². The second-order valence-corrected chi connectivity index (χ2v) is 17.7. The fraction of sp³-hybridized carbons (Fsp3) is 0. The first-order valence-electron chi connectivity index (χ1n) is 23.7. The second-order valence-electron chi connectivity index (χ2n) is 17.7. The van der Waals surface area contributed by atoms with Crippen LogP contribution in [0.5, 0.6) is 0 Å². The molecular formula is C68H47N. The largest absolute Gasteiger partial charge is 0.310 e. The zero-order chi connectivity index (χ0) is 45.9. The Balaban J connectivity index is 1.07. The predicted octanol–water partition coefficient (Wildman–Crippen LogP) is 19.1. The van der Waals surface area contributed by atoms with Crippen molar-refractivity contribution in [3.63, 3.8) is 0 Å². The van der Waals surface area contributed by atoms with E-state index in [1.54, 1.807) is 0 Å². The lowest BCUT2D eigenvalue weighted by molar-refractivity contribution is 1.28. The van der Waals surface area contributed by atoms with Crippen LogP contribution in [0, 0.1) is 0 Å². The lowest BCUT2D eigenvalue weighted by Crippen LogP contribution is -2.11. The van der Waals surface area contributed by atoms with Gasteiger partial charge in [0.25, 0.3) is 0 Å². The summed E-state index contributed by atoms with van der Waals surface area (Å²) >= 11 is 0. The van der Waals surface area contributed by atoms with Gasteiger partial charge in [0.15, 0.2) is 0 Å². The summed E-state index contributed by atoms with van der Waals surface area (Å²) in [5, 5.41) is 4.99. The molecule has 0 aliphatic carbocycles. The van der Waals surface area contributed by atoms with Crippen LogP contribution in [0.15, 0.2) is 285 Å². The molecule has 12 rings (SSSR count). The van der Waals surface area contributed by atoms with Crippen molar-refractivity contribution in [2.45, 2.75) is 0 Å². The van der Waals surface area contributed by atoms with Crippen LogP contribution in [-0.2, 0) is 0 Å². The smallest absolute Gasteiger partial charge is 0.0473 e. The van der Waals surface area contributed by atoms with Crippen molar-refractivity contribution in [3.05, 3.63) is 285 Å². The zero-order valence-electron chi connectivity index (χ0n) is 38.1. The number of hydrogen-bond acceptors (Lipinski definition) is 1. The number of anilines is 3. The molecule has 324 valence electrons. The Bertz CT molecular complexity index is 3480. The highest BCUT2D eigenvalue weighted by Gasteiger charge is 2.21. The maximum atomic E-state index is 2.44. The summed E-state index contributed by atoms with van der Waals surface area (Å²) in [6, 6.07) is 104. The normalized spacial score (nSPS) is 11.2. The fourth-order valence-corrected chi connectivity index (χ4v) is 10.1. The van der Waals surface area contributed by atoms with Crippen molar-refractivity contribution < 1.29 is 0 Å². The first-order chi connectivity index (χ1) is 34.2. The Morgan fingerprint density at radius 3 is 0.870 bits per heavy atom. The molecule has 0 N–H and O–H groups in total. The Hall–Kier alpha value is -9.04. The van der Waals surface area contributed by atoms with Crippen LogP contribution in [0.4, 0.5) is 17.1 Å². The molecular weight excluding hydrogens is 831 g/mol. The Morgan fingerprint density at radius 1 is 0.159 bits per heavy atom. The maximum absolute atomic E-state index is 2.44. The van der Waals surface area contributed by atoms with Gasteiger partial charge in [-0.1, -0.05) is 231 Å². The van der Waals surface area contributed by atoms with Crippen LogP contribution < -0.4 is 4.90 Å². The van der Waals surface area contributed by atoms with Crippen LogP contribution in [-0.4, -0.2) is 0 Å². The molecule has 12 aromatic rings. The molecule has 1 nitrogen and oxygen atoms in total. The minimum absolute atomic E-state index is 1.07. The third-order valence-corrected chi connectivity index (χ3v) is 13.4. The van der Waals surface area contributed by atoms with E-state index in [9.17, 15) is 0 Å². The van der Waals surface area contributed by atoms with Gasteiger partial charge in [0.2, 0.25) is 0 Å².